The van der Waals surface area contributed by atoms with Crippen molar-refractivity contribution in [3.63, 3.8) is 0 Å². The number of rotatable bonds is 2. The lowest BCUT2D eigenvalue weighted by atomic mass is 10.2. The zero-order valence-electron chi connectivity index (χ0n) is 9.99. The van der Waals surface area contributed by atoms with Crippen LogP contribution in [0.1, 0.15) is 19.3 Å². The summed E-state index contributed by atoms with van der Waals surface area (Å²) >= 11 is 9.90. The number of nitrogens with zero attached hydrogens (tertiary/aromatic N) is 1. The fourth-order valence-electron chi connectivity index (χ4n) is 2.47. The third-order valence-corrected chi connectivity index (χ3v) is 5.77. The largest absolute Gasteiger partial charge is 0.331 e. The van der Waals surface area contributed by atoms with Crippen molar-refractivity contribution in [2.24, 2.45) is 0 Å². The van der Waals surface area contributed by atoms with Crippen molar-refractivity contribution in [3.8, 4) is 0 Å². The van der Waals surface area contributed by atoms with Crippen LogP contribution in [0.25, 0.3) is 11.0 Å². The number of halogens is 1. The van der Waals surface area contributed by atoms with Crippen LogP contribution in [0, 0.1) is 8.34 Å². The highest BCUT2D eigenvalue weighted by Crippen LogP contribution is 2.28. The monoisotopic (exact) mass is 390 g/mol. The Morgan fingerprint density at radius 1 is 1.44 bits per heavy atom. The maximum Gasteiger partial charge on any atom is 0.178 e. The molecule has 0 spiro atoms. The van der Waals surface area contributed by atoms with Gasteiger partial charge in [0.15, 0.2) is 4.77 Å². The molecule has 0 amide bonds. The SMILES string of the molecule is S=c1[nH]c2cc(I)ccc2n1CC1CCCCS1. The lowest BCUT2D eigenvalue weighted by molar-refractivity contribution is 0.588. The van der Waals surface area contributed by atoms with E-state index < -0.39 is 0 Å². The molecule has 1 atom stereocenters. The van der Waals surface area contributed by atoms with Gasteiger partial charge in [-0.3, -0.25) is 0 Å². The molecule has 1 aromatic heterocycles. The minimum atomic E-state index is 0.726. The Morgan fingerprint density at radius 3 is 3.11 bits per heavy atom. The number of nitrogens with one attached hydrogen (secondary N) is 1. The number of imidazole rings is 1. The van der Waals surface area contributed by atoms with Crippen molar-refractivity contribution in [1.82, 2.24) is 9.55 Å². The minimum Gasteiger partial charge on any atom is -0.331 e. The highest BCUT2D eigenvalue weighted by Gasteiger charge is 2.16. The maximum absolute atomic E-state index is 5.46. The number of aromatic amines is 1. The van der Waals surface area contributed by atoms with Gasteiger partial charge in [0.1, 0.15) is 0 Å². The molecule has 1 aliphatic rings. The van der Waals surface area contributed by atoms with Crippen molar-refractivity contribution < 1.29 is 0 Å². The third kappa shape index (κ3) is 2.63. The van der Waals surface area contributed by atoms with E-state index in [1.54, 1.807) is 0 Å². The predicted molar refractivity (Wildman–Crippen MR) is 89.9 cm³/mol. The van der Waals surface area contributed by atoms with Gasteiger partial charge in [0, 0.05) is 15.4 Å². The van der Waals surface area contributed by atoms with Crippen LogP contribution in [0.15, 0.2) is 18.2 Å². The minimum absolute atomic E-state index is 0.726. The summed E-state index contributed by atoms with van der Waals surface area (Å²) in [5, 5.41) is 0.726. The molecule has 0 saturated carbocycles. The van der Waals surface area contributed by atoms with Crippen molar-refractivity contribution >= 4 is 57.6 Å². The Hall–Kier alpha value is -0.0100. The molecular formula is C13H15IN2S2. The zero-order chi connectivity index (χ0) is 12.5. The molecule has 1 aromatic carbocycles. The highest BCUT2D eigenvalue weighted by molar-refractivity contribution is 14.1. The average Bonchev–Trinajstić information content (AvgIpc) is 2.66. The molecule has 2 nitrogen and oxygen atoms in total. The first-order valence-corrected chi connectivity index (χ1v) is 8.77. The Kier molecular flexibility index (Phi) is 4.00. The fourth-order valence-corrected chi connectivity index (χ4v) is 4.54. The first-order valence-electron chi connectivity index (χ1n) is 6.24. The van der Waals surface area contributed by atoms with Gasteiger partial charge >= 0.3 is 0 Å². The Bertz CT molecular complexity index is 611. The van der Waals surface area contributed by atoms with Gasteiger partial charge in [0.05, 0.1) is 11.0 Å². The summed E-state index contributed by atoms with van der Waals surface area (Å²) < 4.78 is 4.37. The van der Waals surface area contributed by atoms with Gasteiger partial charge in [-0.05, 0) is 71.6 Å². The van der Waals surface area contributed by atoms with Gasteiger partial charge in [-0.2, -0.15) is 11.8 Å². The van der Waals surface area contributed by atoms with E-state index >= 15 is 0 Å². The number of benzene rings is 1. The molecule has 0 aliphatic carbocycles. The molecule has 1 fully saturated rings. The number of H-pyrrole nitrogens is 1. The van der Waals surface area contributed by atoms with E-state index in [-0.39, 0.29) is 0 Å². The summed E-state index contributed by atoms with van der Waals surface area (Å²) in [7, 11) is 0. The molecule has 3 rings (SSSR count). The molecule has 2 aromatic rings. The van der Waals surface area contributed by atoms with Gasteiger partial charge < -0.3 is 9.55 Å². The average molecular weight is 390 g/mol. The lowest BCUT2D eigenvalue weighted by Crippen LogP contribution is -2.16. The second kappa shape index (κ2) is 5.54. The standard InChI is InChI=1S/C13H15IN2S2/c14-9-4-5-12-11(7-9)15-13(17)16(12)8-10-3-1-2-6-18-10/h4-5,7,10H,1-3,6,8H2,(H,15,17). The second-order valence-corrected chi connectivity index (χ2v) is 7.73. The van der Waals surface area contributed by atoms with Crippen LogP contribution >= 0.6 is 46.6 Å². The fraction of sp³-hybridized carbons (Fsp3) is 0.462. The van der Waals surface area contributed by atoms with Gasteiger partial charge in [0.2, 0.25) is 0 Å². The molecule has 1 unspecified atom stereocenters. The van der Waals surface area contributed by atoms with Gasteiger partial charge in [-0.15, -0.1) is 0 Å². The molecule has 2 heterocycles. The summed E-state index contributed by atoms with van der Waals surface area (Å²) in [6.07, 6.45) is 4.06. The second-order valence-electron chi connectivity index (χ2n) is 4.69. The van der Waals surface area contributed by atoms with Gasteiger partial charge in [-0.1, -0.05) is 6.42 Å². The highest BCUT2D eigenvalue weighted by atomic mass is 127. The van der Waals surface area contributed by atoms with Crippen LogP contribution in [-0.2, 0) is 6.54 Å². The van der Waals surface area contributed by atoms with Crippen molar-refractivity contribution in [1.29, 1.82) is 0 Å². The summed E-state index contributed by atoms with van der Waals surface area (Å²) in [5.74, 6) is 1.30. The number of hydrogen-bond donors (Lipinski definition) is 1. The van der Waals surface area contributed by atoms with Crippen LogP contribution in [0.2, 0.25) is 0 Å². The van der Waals surface area contributed by atoms with Crippen LogP contribution in [-0.4, -0.2) is 20.6 Å². The van der Waals surface area contributed by atoms with E-state index in [0.717, 1.165) is 22.1 Å². The van der Waals surface area contributed by atoms with Crippen LogP contribution in [0.4, 0.5) is 0 Å². The zero-order valence-corrected chi connectivity index (χ0v) is 13.8. The maximum atomic E-state index is 5.46. The summed E-state index contributed by atoms with van der Waals surface area (Å²) in [4.78, 5) is 3.32. The van der Waals surface area contributed by atoms with E-state index in [1.807, 2.05) is 0 Å². The third-order valence-electron chi connectivity index (χ3n) is 3.40. The van der Waals surface area contributed by atoms with E-state index in [9.17, 15) is 0 Å². The van der Waals surface area contributed by atoms with E-state index in [2.05, 4.69) is 62.1 Å². The Labute approximate surface area is 130 Å². The molecule has 96 valence electrons. The summed E-state index contributed by atoms with van der Waals surface area (Å²) in [5.41, 5.74) is 2.40. The lowest BCUT2D eigenvalue weighted by Gasteiger charge is -2.21. The molecule has 18 heavy (non-hydrogen) atoms. The molecular weight excluding hydrogens is 375 g/mol. The van der Waals surface area contributed by atoms with Gasteiger partial charge in [0.25, 0.3) is 0 Å². The normalized spacial score (nSPS) is 20.4. The molecule has 5 heteroatoms. The van der Waals surface area contributed by atoms with Crippen molar-refractivity contribution in [2.75, 3.05) is 5.75 Å². The predicted octanol–water partition coefficient (Wildman–Crippen LogP) is 4.59. The van der Waals surface area contributed by atoms with Crippen LogP contribution < -0.4 is 0 Å². The van der Waals surface area contributed by atoms with Gasteiger partial charge in [-0.25, -0.2) is 0 Å². The Balaban J connectivity index is 1.95. The van der Waals surface area contributed by atoms with E-state index in [0.29, 0.717) is 0 Å². The smallest absolute Gasteiger partial charge is 0.178 e. The number of hydrogen-bond acceptors (Lipinski definition) is 2. The van der Waals surface area contributed by atoms with E-state index in [4.69, 9.17) is 12.2 Å². The van der Waals surface area contributed by atoms with Crippen LogP contribution in [0.3, 0.4) is 0 Å². The van der Waals surface area contributed by atoms with Crippen molar-refractivity contribution in [3.05, 3.63) is 26.5 Å². The quantitative estimate of drug-likeness (QED) is 0.598. The Morgan fingerprint density at radius 2 is 2.33 bits per heavy atom. The molecule has 1 N–H and O–H groups in total. The topological polar surface area (TPSA) is 20.7 Å². The van der Waals surface area contributed by atoms with E-state index in [1.165, 1.54) is 34.1 Å². The van der Waals surface area contributed by atoms with Crippen molar-refractivity contribution in [2.45, 2.75) is 31.1 Å². The molecule has 1 saturated heterocycles. The molecule has 0 radical (unpaired) electrons. The van der Waals surface area contributed by atoms with Crippen LogP contribution in [0.5, 0.6) is 0 Å². The number of fused-ring (bicyclic) bond motifs is 1. The number of thioether (sulfide) groups is 1. The molecule has 1 aliphatic heterocycles. The first kappa shape index (κ1) is 13.0. The number of aromatic nitrogens is 2. The first-order chi connectivity index (χ1) is 8.74. The molecule has 0 bridgehead atoms. The summed E-state index contributed by atoms with van der Waals surface area (Å²) in [6.45, 7) is 1.05. The summed E-state index contributed by atoms with van der Waals surface area (Å²) in [6, 6.07) is 6.49.